The van der Waals surface area contributed by atoms with Gasteiger partial charge in [-0.25, -0.2) is 14.2 Å². The van der Waals surface area contributed by atoms with E-state index in [2.05, 4.69) is 4.98 Å². The molecule has 1 unspecified atom stereocenters. The Hall–Kier alpha value is -1.95. The number of hydrogen-bond acceptors (Lipinski definition) is 3. The van der Waals surface area contributed by atoms with Gasteiger partial charge in [-0.05, 0) is 42.7 Å². The van der Waals surface area contributed by atoms with Gasteiger partial charge in [-0.2, -0.15) is 0 Å². The molecule has 1 aliphatic rings. The highest BCUT2D eigenvalue weighted by Gasteiger charge is 2.24. The standard InChI is InChI=1S/C20H17Cl2N3OS/c21-15-9-7-14(8-10-15)17-13-23-19(16-5-1-2-6-18(16)22)24-20(17)25-11-3-4-12-27(25)26/h1-2,5-10,13H,3-4,11-12H2. The van der Waals surface area contributed by atoms with Gasteiger partial charge in [-0.15, -0.1) is 0 Å². The number of nitrogens with zero attached hydrogens (tertiary/aromatic N) is 3. The number of benzene rings is 2. The molecule has 0 spiro atoms. The second-order valence-corrected chi connectivity index (χ2v) is 8.59. The van der Waals surface area contributed by atoms with Gasteiger partial charge in [0, 0.05) is 34.6 Å². The zero-order valence-corrected chi connectivity index (χ0v) is 16.8. The van der Waals surface area contributed by atoms with Crippen LogP contribution in [-0.2, 0) is 11.0 Å². The summed E-state index contributed by atoms with van der Waals surface area (Å²) in [6.07, 6.45) is 3.72. The zero-order valence-electron chi connectivity index (χ0n) is 14.4. The van der Waals surface area contributed by atoms with Crippen molar-refractivity contribution in [1.29, 1.82) is 0 Å². The molecule has 0 aliphatic carbocycles. The SMILES string of the molecule is O=S1CCCCN1c1nc(-c2ccccc2Cl)ncc1-c1ccc(Cl)cc1. The number of rotatable bonds is 3. The van der Waals surface area contributed by atoms with E-state index >= 15 is 0 Å². The smallest absolute Gasteiger partial charge is 0.163 e. The summed E-state index contributed by atoms with van der Waals surface area (Å²) >= 11 is 12.4. The van der Waals surface area contributed by atoms with E-state index in [9.17, 15) is 4.21 Å². The van der Waals surface area contributed by atoms with Crippen LogP contribution < -0.4 is 4.31 Å². The fourth-order valence-electron chi connectivity index (χ4n) is 3.06. The van der Waals surface area contributed by atoms with E-state index in [-0.39, 0.29) is 0 Å². The largest absolute Gasteiger partial charge is 0.275 e. The number of aromatic nitrogens is 2. The maximum absolute atomic E-state index is 12.7. The van der Waals surface area contributed by atoms with E-state index < -0.39 is 11.0 Å². The van der Waals surface area contributed by atoms with E-state index in [1.807, 2.05) is 52.8 Å². The fraction of sp³-hybridized carbons (Fsp3) is 0.200. The first-order valence-electron chi connectivity index (χ1n) is 8.67. The molecule has 1 aromatic heterocycles. The van der Waals surface area contributed by atoms with Gasteiger partial charge in [0.1, 0.15) is 11.0 Å². The molecular weight excluding hydrogens is 401 g/mol. The highest BCUT2D eigenvalue weighted by atomic mass is 35.5. The van der Waals surface area contributed by atoms with Crippen molar-refractivity contribution in [3.8, 4) is 22.5 Å². The number of anilines is 1. The third kappa shape index (κ3) is 3.86. The monoisotopic (exact) mass is 417 g/mol. The third-order valence-corrected chi connectivity index (χ3v) is 6.52. The molecule has 2 aromatic carbocycles. The minimum atomic E-state index is -1.10. The van der Waals surface area contributed by atoms with Gasteiger partial charge in [-0.1, -0.05) is 47.5 Å². The van der Waals surface area contributed by atoms with Crippen molar-refractivity contribution >= 4 is 40.0 Å². The Morgan fingerprint density at radius 1 is 0.963 bits per heavy atom. The molecule has 1 fully saturated rings. The molecule has 2 heterocycles. The normalized spacial score (nSPS) is 17.1. The van der Waals surface area contributed by atoms with Gasteiger partial charge >= 0.3 is 0 Å². The minimum Gasteiger partial charge on any atom is -0.275 e. The van der Waals surface area contributed by atoms with E-state index in [1.54, 1.807) is 6.20 Å². The van der Waals surface area contributed by atoms with Gasteiger partial charge < -0.3 is 0 Å². The average Bonchev–Trinajstić information content (AvgIpc) is 2.69. The fourth-order valence-corrected chi connectivity index (χ4v) is 4.75. The van der Waals surface area contributed by atoms with Crippen LogP contribution in [0.4, 0.5) is 5.82 Å². The molecule has 0 saturated carbocycles. The molecule has 4 nitrogen and oxygen atoms in total. The lowest BCUT2D eigenvalue weighted by Gasteiger charge is -2.28. The lowest BCUT2D eigenvalue weighted by molar-refractivity contribution is 0.658. The Bertz CT molecular complexity index is 995. The van der Waals surface area contributed by atoms with Crippen LogP contribution in [0.3, 0.4) is 0 Å². The van der Waals surface area contributed by atoms with E-state index in [0.717, 1.165) is 29.5 Å². The molecule has 138 valence electrons. The highest BCUT2D eigenvalue weighted by Crippen LogP contribution is 2.34. The van der Waals surface area contributed by atoms with Crippen LogP contribution in [-0.4, -0.2) is 26.5 Å². The van der Waals surface area contributed by atoms with Gasteiger partial charge in [0.05, 0.1) is 5.02 Å². The van der Waals surface area contributed by atoms with Crippen LogP contribution in [0, 0.1) is 0 Å². The third-order valence-electron chi connectivity index (χ3n) is 4.45. The van der Waals surface area contributed by atoms with Crippen molar-refractivity contribution in [2.75, 3.05) is 16.6 Å². The zero-order chi connectivity index (χ0) is 18.8. The van der Waals surface area contributed by atoms with Crippen molar-refractivity contribution in [3.05, 3.63) is 64.8 Å². The summed E-state index contributed by atoms with van der Waals surface area (Å²) in [4.78, 5) is 9.32. The maximum atomic E-state index is 12.7. The maximum Gasteiger partial charge on any atom is 0.163 e. The predicted octanol–water partition coefficient (Wildman–Crippen LogP) is 5.38. The quantitative estimate of drug-likeness (QED) is 0.574. The number of halogens is 2. The van der Waals surface area contributed by atoms with Crippen molar-refractivity contribution in [2.45, 2.75) is 12.8 Å². The van der Waals surface area contributed by atoms with Crippen molar-refractivity contribution in [2.24, 2.45) is 0 Å². The van der Waals surface area contributed by atoms with Crippen LogP contribution in [0.2, 0.25) is 10.0 Å². The van der Waals surface area contributed by atoms with Gasteiger partial charge in [0.25, 0.3) is 0 Å². The van der Waals surface area contributed by atoms with Gasteiger partial charge in [0.15, 0.2) is 11.6 Å². The van der Waals surface area contributed by atoms with Gasteiger partial charge in [-0.3, -0.25) is 4.31 Å². The Balaban J connectivity index is 1.87. The topological polar surface area (TPSA) is 46.1 Å². The Labute approximate surface area is 170 Å². The Morgan fingerprint density at radius 3 is 2.48 bits per heavy atom. The highest BCUT2D eigenvalue weighted by molar-refractivity contribution is 7.86. The second kappa shape index (κ2) is 7.97. The molecular formula is C20H17Cl2N3OS. The van der Waals surface area contributed by atoms with Crippen LogP contribution in [0.1, 0.15) is 12.8 Å². The molecule has 1 saturated heterocycles. The van der Waals surface area contributed by atoms with Crippen molar-refractivity contribution in [1.82, 2.24) is 9.97 Å². The molecule has 0 N–H and O–H groups in total. The molecule has 1 atom stereocenters. The molecule has 3 aromatic rings. The minimum absolute atomic E-state index is 0.524. The number of hydrogen-bond donors (Lipinski definition) is 0. The lowest BCUT2D eigenvalue weighted by atomic mass is 10.1. The first-order valence-corrected chi connectivity index (χ1v) is 10.7. The van der Waals surface area contributed by atoms with Crippen LogP contribution in [0.15, 0.2) is 54.7 Å². The lowest BCUT2D eigenvalue weighted by Crippen LogP contribution is -2.34. The molecule has 0 amide bonds. The summed E-state index contributed by atoms with van der Waals surface area (Å²) in [5, 5.41) is 1.25. The van der Waals surface area contributed by atoms with Gasteiger partial charge in [0.2, 0.25) is 0 Å². The molecule has 27 heavy (non-hydrogen) atoms. The van der Waals surface area contributed by atoms with E-state index in [4.69, 9.17) is 28.2 Å². The Morgan fingerprint density at radius 2 is 1.74 bits per heavy atom. The Kier molecular flexibility index (Phi) is 5.43. The molecule has 7 heteroatoms. The summed E-state index contributed by atoms with van der Waals surface area (Å²) in [6, 6.07) is 15.0. The van der Waals surface area contributed by atoms with Crippen molar-refractivity contribution < 1.29 is 4.21 Å². The van der Waals surface area contributed by atoms with E-state index in [0.29, 0.717) is 34.0 Å². The summed E-state index contributed by atoms with van der Waals surface area (Å²) in [5.74, 6) is 1.84. The summed E-state index contributed by atoms with van der Waals surface area (Å²) in [6.45, 7) is 0.701. The molecule has 4 rings (SSSR count). The molecule has 1 aliphatic heterocycles. The van der Waals surface area contributed by atoms with Crippen molar-refractivity contribution in [3.63, 3.8) is 0 Å². The summed E-state index contributed by atoms with van der Waals surface area (Å²) < 4.78 is 14.5. The summed E-state index contributed by atoms with van der Waals surface area (Å²) in [7, 11) is -1.10. The first-order chi connectivity index (χ1) is 13.1. The van der Waals surface area contributed by atoms with Crippen LogP contribution >= 0.6 is 23.2 Å². The van der Waals surface area contributed by atoms with E-state index in [1.165, 1.54) is 0 Å². The summed E-state index contributed by atoms with van der Waals surface area (Å²) in [5.41, 5.74) is 2.52. The second-order valence-electron chi connectivity index (χ2n) is 6.25. The van der Waals surface area contributed by atoms with Crippen LogP contribution in [0.25, 0.3) is 22.5 Å². The first kappa shape index (κ1) is 18.4. The molecule has 0 bridgehead atoms. The molecule has 0 radical (unpaired) electrons. The van der Waals surface area contributed by atoms with Crippen LogP contribution in [0.5, 0.6) is 0 Å². The predicted molar refractivity (Wildman–Crippen MR) is 113 cm³/mol. The average molecular weight is 418 g/mol.